The molecule has 4 aromatic rings. The summed E-state index contributed by atoms with van der Waals surface area (Å²) in [7, 11) is 0. The molecule has 7 heteroatoms. The molecule has 0 aliphatic carbocycles. The van der Waals surface area contributed by atoms with Gasteiger partial charge in [0, 0.05) is 44.5 Å². The molecule has 0 aliphatic rings. The van der Waals surface area contributed by atoms with Crippen LogP contribution in [0, 0.1) is 0 Å². The van der Waals surface area contributed by atoms with Crippen molar-refractivity contribution in [1.82, 2.24) is 9.55 Å². The largest absolute Gasteiger partial charge is 0.422 e. The van der Waals surface area contributed by atoms with Gasteiger partial charge in [-0.15, -0.1) is 0 Å². The smallest absolute Gasteiger partial charge is 0.344 e. The molecular formula is C25H17Br2ClN2O2. The van der Waals surface area contributed by atoms with Crippen LogP contribution in [0.5, 0.6) is 0 Å². The van der Waals surface area contributed by atoms with Crippen LogP contribution in [-0.4, -0.2) is 15.5 Å². The van der Waals surface area contributed by atoms with Crippen molar-refractivity contribution in [2.75, 3.05) is 0 Å². The highest BCUT2D eigenvalue weighted by atomic mass is 79.9. The second kappa shape index (κ2) is 10.3. The van der Waals surface area contributed by atoms with Gasteiger partial charge in [0.2, 0.25) is 0 Å². The molecule has 0 fully saturated rings. The van der Waals surface area contributed by atoms with Crippen molar-refractivity contribution < 1.29 is 9.53 Å². The summed E-state index contributed by atoms with van der Waals surface area (Å²) in [5, 5.41) is 0.690. The first-order chi connectivity index (χ1) is 15.5. The first-order valence-electron chi connectivity index (χ1n) is 9.70. The SMILES string of the molecule is O=C(OC(=Cc1nccn1Cc1ccc(Cl)cc1)c1ccccc1Br)c1ccccc1Br. The van der Waals surface area contributed by atoms with Crippen LogP contribution in [0.2, 0.25) is 5.02 Å². The Hall–Kier alpha value is -2.67. The van der Waals surface area contributed by atoms with Crippen molar-refractivity contribution in [3.63, 3.8) is 0 Å². The first-order valence-corrected chi connectivity index (χ1v) is 11.7. The molecule has 1 aromatic heterocycles. The van der Waals surface area contributed by atoms with E-state index in [1.54, 1.807) is 30.5 Å². The van der Waals surface area contributed by atoms with E-state index in [0.717, 1.165) is 15.6 Å². The van der Waals surface area contributed by atoms with Gasteiger partial charge >= 0.3 is 5.97 Å². The van der Waals surface area contributed by atoms with Crippen LogP contribution in [0.3, 0.4) is 0 Å². The fourth-order valence-electron chi connectivity index (χ4n) is 3.10. The zero-order chi connectivity index (χ0) is 22.5. The molecule has 0 N–H and O–H groups in total. The molecular weight excluding hydrogens is 556 g/mol. The zero-order valence-electron chi connectivity index (χ0n) is 16.7. The van der Waals surface area contributed by atoms with Crippen molar-refractivity contribution in [2.24, 2.45) is 0 Å². The molecule has 0 atom stereocenters. The second-order valence-electron chi connectivity index (χ2n) is 6.90. The van der Waals surface area contributed by atoms with Crippen LogP contribution in [0.25, 0.3) is 11.8 Å². The molecule has 3 aromatic carbocycles. The molecule has 0 bridgehead atoms. The number of hydrogen-bond donors (Lipinski definition) is 0. The van der Waals surface area contributed by atoms with E-state index < -0.39 is 5.97 Å². The summed E-state index contributed by atoms with van der Waals surface area (Å²) in [5.41, 5.74) is 2.26. The molecule has 4 nitrogen and oxygen atoms in total. The molecule has 0 spiro atoms. The maximum Gasteiger partial charge on any atom is 0.344 e. The standard InChI is InChI=1S/C25H17Br2ClN2O2/c26-21-7-3-1-5-19(21)23(32-25(31)20-6-2-4-8-22(20)27)15-24-29-13-14-30(24)16-17-9-11-18(28)12-10-17/h1-15H,16H2. The van der Waals surface area contributed by atoms with Crippen molar-refractivity contribution in [3.05, 3.63) is 122 Å². The average Bonchev–Trinajstić information content (AvgIpc) is 3.22. The summed E-state index contributed by atoms with van der Waals surface area (Å²) in [6.45, 7) is 0.602. The molecule has 0 radical (unpaired) electrons. The summed E-state index contributed by atoms with van der Waals surface area (Å²) in [5.74, 6) is 0.586. The molecule has 4 rings (SSSR count). The fourth-order valence-corrected chi connectivity index (χ4v) is 4.16. The van der Waals surface area contributed by atoms with Gasteiger partial charge in [-0.25, -0.2) is 9.78 Å². The third-order valence-electron chi connectivity index (χ3n) is 4.71. The molecule has 0 unspecified atom stereocenters. The lowest BCUT2D eigenvalue weighted by molar-refractivity contribution is 0.0692. The fraction of sp³-hybridized carbons (Fsp3) is 0.0400. The number of aromatic nitrogens is 2. The summed E-state index contributed by atoms with van der Waals surface area (Å²) >= 11 is 13.0. The van der Waals surface area contributed by atoms with Crippen molar-refractivity contribution >= 4 is 61.3 Å². The van der Waals surface area contributed by atoms with E-state index in [9.17, 15) is 4.79 Å². The number of ether oxygens (including phenoxy) is 1. The van der Waals surface area contributed by atoms with Crippen molar-refractivity contribution in [1.29, 1.82) is 0 Å². The van der Waals surface area contributed by atoms with E-state index in [2.05, 4.69) is 36.8 Å². The van der Waals surface area contributed by atoms with Crippen LogP contribution in [0.4, 0.5) is 0 Å². The van der Waals surface area contributed by atoms with Gasteiger partial charge in [0.05, 0.1) is 5.56 Å². The molecule has 0 amide bonds. The van der Waals surface area contributed by atoms with Gasteiger partial charge in [0.25, 0.3) is 0 Å². The number of nitrogens with zero attached hydrogens (tertiary/aromatic N) is 2. The second-order valence-corrected chi connectivity index (χ2v) is 9.04. The van der Waals surface area contributed by atoms with E-state index in [1.807, 2.05) is 65.4 Å². The highest BCUT2D eigenvalue weighted by Crippen LogP contribution is 2.29. The number of imidazole rings is 1. The third-order valence-corrected chi connectivity index (χ3v) is 6.34. The van der Waals surface area contributed by atoms with Crippen LogP contribution < -0.4 is 0 Å². The van der Waals surface area contributed by atoms with Crippen LogP contribution >= 0.6 is 43.5 Å². The Bertz CT molecular complexity index is 1280. The van der Waals surface area contributed by atoms with Gasteiger partial charge < -0.3 is 9.30 Å². The Morgan fingerprint density at radius 1 is 0.938 bits per heavy atom. The highest BCUT2D eigenvalue weighted by molar-refractivity contribution is 9.10. The Labute approximate surface area is 207 Å². The number of carbonyl (C=O) groups is 1. The average molecular weight is 573 g/mol. The topological polar surface area (TPSA) is 44.1 Å². The van der Waals surface area contributed by atoms with Gasteiger partial charge in [-0.1, -0.05) is 70.0 Å². The lowest BCUT2D eigenvalue weighted by atomic mass is 10.1. The summed E-state index contributed by atoms with van der Waals surface area (Å²) in [6.07, 6.45) is 5.37. The van der Waals surface area contributed by atoms with Gasteiger partial charge in [0.1, 0.15) is 11.6 Å². The molecule has 0 saturated carbocycles. The predicted octanol–water partition coefficient (Wildman–Crippen LogP) is 7.46. The minimum Gasteiger partial charge on any atom is -0.422 e. The van der Waals surface area contributed by atoms with E-state index in [4.69, 9.17) is 16.3 Å². The first kappa shape index (κ1) is 22.5. The Morgan fingerprint density at radius 3 is 2.22 bits per heavy atom. The number of esters is 1. The van der Waals surface area contributed by atoms with Crippen LogP contribution in [0.15, 0.2) is 94.1 Å². The lowest BCUT2D eigenvalue weighted by Gasteiger charge is -2.13. The maximum atomic E-state index is 12.9. The van der Waals surface area contributed by atoms with E-state index >= 15 is 0 Å². The summed E-state index contributed by atoms with van der Waals surface area (Å²) in [6, 6.07) is 22.4. The van der Waals surface area contributed by atoms with Crippen LogP contribution in [-0.2, 0) is 11.3 Å². The van der Waals surface area contributed by atoms with Crippen molar-refractivity contribution in [2.45, 2.75) is 6.54 Å². The molecule has 0 saturated heterocycles. The molecule has 160 valence electrons. The predicted molar refractivity (Wildman–Crippen MR) is 134 cm³/mol. The molecule has 1 heterocycles. The summed E-state index contributed by atoms with van der Waals surface area (Å²) < 4.78 is 9.32. The lowest BCUT2D eigenvalue weighted by Crippen LogP contribution is -2.07. The van der Waals surface area contributed by atoms with E-state index in [1.165, 1.54) is 0 Å². The minimum absolute atomic E-state index is 0.391. The minimum atomic E-state index is -0.463. The quantitative estimate of drug-likeness (QED) is 0.178. The van der Waals surface area contributed by atoms with Crippen molar-refractivity contribution in [3.8, 4) is 0 Å². The maximum absolute atomic E-state index is 12.9. The van der Waals surface area contributed by atoms with Gasteiger partial charge in [-0.05, 0) is 51.8 Å². The number of rotatable bonds is 6. The Morgan fingerprint density at radius 2 is 1.56 bits per heavy atom. The number of benzene rings is 3. The van der Waals surface area contributed by atoms with E-state index in [0.29, 0.717) is 33.2 Å². The van der Waals surface area contributed by atoms with Gasteiger partial charge in [-0.3, -0.25) is 0 Å². The zero-order valence-corrected chi connectivity index (χ0v) is 20.6. The monoisotopic (exact) mass is 570 g/mol. The Balaban J connectivity index is 1.70. The van der Waals surface area contributed by atoms with E-state index in [-0.39, 0.29) is 0 Å². The van der Waals surface area contributed by atoms with Gasteiger partial charge in [0.15, 0.2) is 0 Å². The number of halogens is 3. The molecule has 32 heavy (non-hydrogen) atoms. The molecule has 0 aliphatic heterocycles. The third kappa shape index (κ3) is 5.38. The summed E-state index contributed by atoms with van der Waals surface area (Å²) in [4.78, 5) is 17.4. The number of carbonyl (C=O) groups excluding carboxylic acids is 1. The normalized spacial score (nSPS) is 11.4. The number of hydrogen-bond acceptors (Lipinski definition) is 3. The van der Waals surface area contributed by atoms with Crippen LogP contribution in [0.1, 0.15) is 27.3 Å². The Kier molecular flexibility index (Phi) is 7.25. The highest BCUT2D eigenvalue weighted by Gasteiger charge is 2.17. The van der Waals surface area contributed by atoms with Gasteiger partial charge in [-0.2, -0.15) is 0 Å².